The van der Waals surface area contributed by atoms with Crippen molar-refractivity contribution in [3.05, 3.63) is 182 Å². The van der Waals surface area contributed by atoms with Crippen molar-refractivity contribution in [2.75, 3.05) is 0 Å². The van der Waals surface area contributed by atoms with Gasteiger partial charge in [-0.15, -0.1) is 0 Å². The quantitative estimate of drug-likeness (QED) is 0.181. The van der Waals surface area contributed by atoms with Gasteiger partial charge in [-0.3, -0.25) is 0 Å². The first-order chi connectivity index (χ1) is 22.8. The molecule has 9 rings (SSSR count). The lowest BCUT2D eigenvalue weighted by Gasteiger charge is -2.20. The summed E-state index contributed by atoms with van der Waals surface area (Å²) in [5.74, 6) is 0. The van der Waals surface area contributed by atoms with Crippen LogP contribution in [0.5, 0.6) is 0 Å². The fourth-order valence-corrected chi connectivity index (χ4v) is 7.24. The van der Waals surface area contributed by atoms with E-state index in [2.05, 4.69) is 182 Å². The molecule has 0 radical (unpaired) electrons. The van der Waals surface area contributed by atoms with Crippen molar-refractivity contribution in [1.82, 2.24) is 0 Å². The lowest BCUT2D eigenvalue weighted by Crippen LogP contribution is -1.93. The first kappa shape index (κ1) is 26.4. The first-order valence-electron chi connectivity index (χ1n) is 15.9. The van der Waals surface area contributed by atoms with Gasteiger partial charge < -0.3 is 0 Å². The van der Waals surface area contributed by atoms with Crippen molar-refractivity contribution < 1.29 is 0 Å². The molecule has 0 aliphatic heterocycles. The van der Waals surface area contributed by atoms with Gasteiger partial charge in [-0.25, -0.2) is 0 Å². The zero-order valence-electron chi connectivity index (χ0n) is 25.3. The number of hydrogen-bond acceptors (Lipinski definition) is 0. The Bertz CT molecular complexity index is 2550. The third-order valence-electron chi connectivity index (χ3n) is 9.44. The molecule has 9 aromatic carbocycles. The van der Waals surface area contributed by atoms with Crippen molar-refractivity contribution >= 4 is 43.1 Å². The zero-order chi connectivity index (χ0) is 30.5. The standard InChI is InChI=1S/C46H30/c1-2-13-34(14-3-1)46-44-30-38(40-20-10-16-33-12-6-7-17-39(33)40)27-28-42(44)41-18-8-9-19-43(41)45(46)35-24-21-32(22-25-35)37-26-23-31-11-4-5-15-36(31)29-37/h1-30H. The molecule has 0 aliphatic carbocycles. The molecule has 0 fully saturated rings. The highest BCUT2D eigenvalue weighted by molar-refractivity contribution is 6.22. The van der Waals surface area contributed by atoms with Gasteiger partial charge in [0.1, 0.15) is 0 Å². The Morgan fingerprint density at radius 3 is 1.59 bits per heavy atom. The molecule has 0 heterocycles. The monoisotopic (exact) mass is 582 g/mol. The molecule has 0 heteroatoms. The minimum atomic E-state index is 1.22. The van der Waals surface area contributed by atoms with Gasteiger partial charge in [0.05, 0.1) is 0 Å². The topological polar surface area (TPSA) is 0 Å². The van der Waals surface area contributed by atoms with Crippen LogP contribution < -0.4 is 0 Å². The van der Waals surface area contributed by atoms with E-state index in [-0.39, 0.29) is 0 Å². The van der Waals surface area contributed by atoms with E-state index in [4.69, 9.17) is 0 Å². The third kappa shape index (κ3) is 4.38. The summed E-state index contributed by atoms with van der Waals surface area (Å²) in [5.41, 5.74) is 9.93. The second-order valence-corrected chi connectivity index (χ2v) is 12.1. The lowest BCUT2D eigenvalue weighted by molar-refractivity contribution is 1.61. The molecule has 0 nitrogen and oxygen atoms in total. The van der Waals surface area contributed by atoms with E-state index in [0.717, 1.165) is 0 Å². The van der Waals surface area contributed by atoms with Crippen LogP contribution in [0.1, 0.15) is 0 Å². The lowest BCUT2D eigenvalue weighted by atomic mass is 9.83. The van der Waals surface area contributed by atoms with Crippen molar-refractivity contribution in [2.24, 2.45) is 0 Å². The molecule has 0 saturated carbocycles. The van der Waals surface area contributed by atoms with E-state index in [1.54, 1.807) is 0 Å². The largest absolute Gasteiger partial charge is 0.0622 e. The van der Waals surface area contributed by atoms with Gasteiger partial charge in [-0.1, -0.05) is 170 Å². The fraction of sp³-hybridized carbons (Fsp3) is 0. The molecular weight excluding hydrogens is 553 g/mol. The second kappa shape index (κ2) is 10.9. The van der Waals surface area contributed by atoms with Crippen LogP contribution in [0.3, 0.4) is 0 Å². The van der Waals surface area contributed by atoms with Crippen LogP contribution in [0, 0.1) is 0 Å². The van der Waals surface area contributed by atoms with Crippen LogP contribution in [0.4, 0.5) is 0 Å². The van der Waals surface area contributed by atoms with E-state index in [0.29, 0.717) is 0 Å². The number of hydrogen-bond donors (Lipinski definition) is 0. The molecule has 0 amide bonds. The Morgan fingerprint density at radius 2 is 0.761 bits per heavy atom. The van der Waals surface area contributed by atoms with Crippen LogP contribution in [0.15, 0.2) is 182 Å². The zero-order valence-corrected chi connectivity index (χ0v) is 25.3. The molecule has 0 saturated heterocycles. The molecule has 0 spiro atoms. The molecule has 0 unspecified atom stereocenters. The van der Waals surface area contributed by atoms with Crippen molar-refractivity contribution in [3.63, 3.8) is 0 Å². The summed E-state index contributed by atoms with van der Waals surface area (Å²) in [6, 6.07) is 66.6. The molecule has 0 atom stereocenters. The van der Waals surface area contributed by atoms with Crippen LogP contribution in [-0.2, 0) is 0 Å². The van der Waals surface area contributed by atoms with E-state index in [9.17, 15) is 0 Å². The molecule has 214 valence electrons. The van der Waals surface area contributed by atoms with Gasteiger partial charge in [0, 0.05) is 0 Å². The molecule has 0 aliphatic rings. The highest BCUT2D eigenvalue weighted by Crippen LogP contribution is 2.46. The summed E-state index contributed by atoms with van der Waals surface area (Å²) in [4.78, 5) is 0. The number of fused-ring (bicyclic) bond motifs is 5. The van der Waals surface area contributed by atoms with Gasteiger partial charge in [-0.2, -0.15) is 0 Å². The Kier molecular flexibility index (Phi) is 6.25. The summed E-state index contributed by atoms with van der Waals surface area (Å²) in [6.45, 7) is 0. The van der Waals surface area contributed by atoms with Gasteiger partial charge >= 0.3 is 0 Å². The smallest absolute Gasteiger partial charge is 0.00201 e. The summed E-state index contributed by atoms with van der Waals surface area (Å²) in [6.07, 6.45) is 0. The van der Waals surface area contributed by atoms with Gasteiger partial charge in [0.2, 0.25) is 0 Å². The molecule has 0 N–H and O–H groups in total. The Morgan fingerprint density at radius 1 is 0.217 bits per heavy atom. The maximum Gasteiger partial charge on any atom is -0.00201 e. The van der Waals surface area contributed by atoms with Crippen molar-refractivity contribution in [3.8, 4) is 44.5 Å². The predicted molar refractivity (Wildman–Crippen MR) is 198 cm³/mol. The molecule has 0 bridgehead atoms. The van der Waals surface area contributed by atoms with Crippen LogP contribution in [0.25, 0.3) is 87.6 Å². The average Bonchev–Trinajstić information content (AvgIpc) is 3.14. The Labute approximate surface area is 268 Å². The fourth-order valence-electron chi connectivity index (χ4n) is 7.24. The normalized spacial score (nSPS) is 11.5. The van der Waals surface area contributed by atoms with Crippen LogP contribution in [-0.4, -0.2) is 0 Å². The molecular formula is C46H30. The van der Waals surface area contributed by atoms with Gasteiger partial charge in [0.25, 0.3) is 0 Å². The highest BCUT2D eigenvalue weighted by Gasteiger charge is 2.18. The first-order valence-corrected chi connectivity index (χ1v) is 15.9. The number of rotatable bonds is 4. The molecule has 46 heavy (non-hydrogen) atoms. The van der Waals surface area contributed by atoms with E-state index >= 15 is 0 Å². The summed E-state index contributed by atoms with van der Waals surface area (Å²) in [7, 11) is 0. The van der Waals surface area contributed by atoms with Crippen molar-refractivity contribution in [2.45, 2.75) is 0 Å². The van der Waals surface area contributed by atoms with Gasteiger partial charge in [0.15, 0.2) is 0 Å². The van der Waals surface area contributed by atoms with E-state index < -0.39 is 0 Å². The minimum Gasteiger partial charge on any atom is -0.0622 e. The summed E-state index contributed by atoms with van der Waals surface area (Å²) >= 11 is 0. The summed E-state index contributed by atoms with van der Waals surface area (Å²) in [5, 5.41) is 10.1. The second-order valence-electron chi connectivity index (χ2n) is 12.1. The highest BCUT2D eigenvalue weighted by atomic mass is 14.2. The SMILES string of the molecule is c1ccc(-c2c(-c3ccc(-c4ccc5ccccc5c4)cc3)c3ccccc3c3ccc(-c4cccc5ccccc45)cc23)cc1. The Hall–Kier alpha value is -5.98. The Balaban J connectivity index is 1.31. The third-order valence-corrected chi connectivity index (χ3v) is 9.44. The maximum atomic E-state index is 2.42. The molecule has 0 aromatic heterocycles. The summed E-state index contributed by atoms with van der Waals surface area (Å²) < 4.78 is 0. The van der Waals surface area contributed by atoms with Crippen LogP contribution in [0.2, 0.25) is 0 Å². The minimum absolute atomic E-state index is 1.22. The predicted octanol–water partition coefficient (Wildman–Crippen LogP) is 13.0. The van der Waals surface area contributed by atoms with Crippen molar-refractivity contribution in [1.29, 1.82) is 0 Å². The van der Waals surface area contributed by atoms with E-state index in [1.807, 2.05) is 0 Å². The van der Waals surface area contributed by atoms with Crippen LogP contribution >= 0.6 is 0 Å². The van der Waals surface area contributed by atoms with Gasteiger partial charge in [-0.05, 0) is 99.7 Å². The average molecular weight is 583 g/mol. The molecule has 9 aromatic rings. The maximum absolute atomic E-state index is 2.42. The number of benzene rings is 9. The van der Waals surface area contributed by atoms with E-state index in [1.165, 1.54) is 87.6 Å².